The monoisotopic (exact) mass is 294 g/mol. The molecule has 0 unspecified atom stereocenters. The van der Waals surface area contributed by atoms with Crippen LogP contribution in [-0.4, -0.2) is 11.5 Å². The van der Waals surface area contributed by atoms with E-state index in [0.29, 0.717) is 0 Å². The third kappa shape index (κ3) is 2.43. The second kappa shape index (κ2) is 4.83. The van der Waals surface area contributed by atoms with Gasteiger partial charge in [-0.3, -0.25) is 10.1 Å². The van der Waals surface area contributed by atoms with E-state index < -0.39 is 0 Å². The van der Waals surface area contributed by atoms with Crippen molar-refractivity contribution < 1.29 is 4.92 Å². The van der Waals surface area contributed by atoms with Crippen LogP contribution in [0.3, 0.4) is 0 Å². The normalized spacial score (nSPS) is 13.6. The van der Waals surface area contributed by atoms with Gasteiger partial charge in [-0.1, -0.05) is 11.6 Å². The van der Waals surface area contributed by atoms with Crippen molar-refractivity contribution in [2.45, 2.75) is 13.0 Å². The highest BCUT2D eigenvalue weighted by Gasteiger charge is 2.22. The molecule has 4 nitrogen and oxygen atoms in total. The van der Waals surface area contributed by atoms with Gasteiger partial charge in [0.25, 0.3) is 5.69 Å². The Morgan fingerprint density at radius 2 is 2.21 bits per heavy atom. The zero-order valence-corrected chi connectivity index (χ0v) is 11.6. The average molecular weight is 295 g/mol. The van der Waals surface area contributed by atoms with Crippen LogP contribution in [-0.2, 0) is 13.0 Å². The van der Waals surface area contributed by atoms with Crippen molar-refractivity contribution in [1.29, 1.82) is 0 Å². The number of hydrogen-bond donors (Lipinski definition) is 0. The van der Waals surface area contributed by atoms with Crippen molar-refractivity contribution in [1.82, 2.24) is 0 Å². The van der Waals surface area contributed by atoms with Crippen molar-refractivity contribution in [3.63, 3.8) is 0 Å². The molecule has 1 aromatic carbocycles. The van der Waals surface area contributed by atoms with E-state index in [-0.39, 0.29) is 10.6 Å². The van der Waals surface area contributed by atoms with E-state index in [4.69, 9.17) is 11.6 Å². The van der Waals surface area contributed by atoms with Gasteiger partial charge in [0.1, 0.15) is 0 Å². The number of nitrogens with zero attached hydrogens (tertiary/aromatic N) is 2. The number of nitro groups is 1. The summed E-state index contributed by atoms with van der Waals surface area (Å²) in [6, 6.07) is 9.01. The number of nitro benzene ring substituents is 1. The lowest BCUT2D eigenvalue weighted by atomic mass is 10.1. The molecule has 2 heterocycles. The summed E-state index contributed by atoms with van der Waals surface area (Å²) in [7, 11) is 0. The number of fused-ring (bicyclic) bond motifs is 1. The lowest BCUT2D eigenvalue weighted by Crippen LogP contribution is -2.18. The zero-order chi connectivity index (χ0) is 13.4. The number of thiophene rings is 1. The predicted molar refractivity (Wildman–Crippen MR) is 77.2 cm³/mol. The Hall–Kier alpha value is -1.59. The standard InChI is InChI=1S/C13H11ClN2O2S/c14-13-4-2-11(19-13)8-15-6-5-9-7-10(16(17)18)1-3-12(9)15/h1-4,7H,5-6,8H2. The molecule has 0 saturated heterocycles. The number of hydrogen-bond acceptors (Lipinski definition) is 4. The third-order valence-electron chi connectivity index (χ3n) is 3.24. The van der Waals surface area contributed by atoms with Crippen LogP contribution >= 0.6 is 22.9 Å². The molecule has 1 aromatic heterocycles. The Morgan fingerprint density at radius 3 is 2.89 bits per heavy atom. The Morgan fingerprint density at radius 1 is 1.37 bits per heavy atom. The number of benzene rings is 1. The summed E-state index contributed by atoms with van der Waals surface area (Å²) in [6.07, 6.45) is 0.857. The first-order valence-electron chi connectivity index (χ1n) is 5.90. The van der Waals surface area contributed by atoms with E-state index in [1.165, 1.54) is 4.88 Å². The van der Waals surface area contributed by atoms with Crippen molar-refractivity contribution in [3.8, 4) is 0 Å². The molecule has 0 aliphatic carbocycles. The van der Waals surface area contributed by atoms with Gasteiger partial charge in [-0.15, -0.1) is 11.3 Å². The first-order valence-corrected chi connectivity index (χ1v) is 7.09. The molecule has 0 saturated carbocycles. The maximum Gasteiger partial charge on any atom is 0.269 e. The summed E-state index contributed by atoms with van der Waals surface area (Å²) in [6.45, 7) is 1.70. The van der Waals surface area contributed by atoms with Crippen molar-refractivity contribution in [2.24, 2.45) is 0 Å². The molecule has 0 radical (unpaired) electrons. The summed E-state index contributed by atoms with van der Waals surface area (Å²) in [4.78, 5) is 13.9. The number of non-ortho nitro benzene ring substituents is 1. The minimum atomic E-state index is -0.345. The van der Waals surface area contributed by atoms with Gasteiger partial charge in [0, 0.05) is 29.2 Å². The van der Waals surface area contributed by atoms with E-state index >= 15 is 0 Å². The number of halogens is 1. The van der Waals surface area contributed by atoms with Crippen LogP contribution in [0.5, 0.6) is 0 Å². The van der Waals surface area contributed by atoms with E-state index in [9.17, 15) is 10.1 Å². The van der Waals surface area contributed by atoms with Gasteiger partial charge in [0.15, 0.2) is 0 Å². The Kier molecular flexibility index (Phi) is 3.16. The molecule has 0 bridgehead atoms. The fourth-order valence-corrected chi connectivity index (χ4v) is 3.46. The molecular formula is C13H11ClN2O2S. The van der Waals surface area contributed by atoms with Gasteiger partial charge in [-0.2, -0.15) is 0 Å². The summed E-state index contributed by atoms with van der Waals surface area (Å²) >= 11 is 7.50. The summed E-state index contributed by atoms with van der Waals surface area (Å²) in [5.41, 5.74) is 2.31. The maximum atomic E-state index is 10.8. The van der Waals surface area contributed by atoms with Gasteiger partial charge < -0.3 is 4.90 Å². The summed E-state index contributed by atoms with van der Waals surface area (Å²) < 4.78 is 0.790. The molecule has 1 aliphatic rings. The van der Waals surface area contributed by atoms with Crippen molar-refractivity contribution >= 4 is 34.3 Å². The highest BCUT2D eigenvalue weighted by molar-refractivity contribution is 7.16. The molecule has 0 N–H and O–H groups in total. The lowest BCUT2D eigenvalue weighted by Gasteiger charge is -2.18. The number of rotatable bonds is 3. The molecule has 0 fully saturated rings. The molecule has 2 aromatic rings. The van der Waals surface area contributed by atoms with Gasteiger partial charge in [0.05, 0.1) is 15.8 Å². The minimum Gasteiger partial charge on any atom is -0.366 e. The van der Waals surface area contributed by atoms with E-state index in [1.807, 2.05) is 18.2 Å². The first-order chi connectivity index (χ1) is 9.13. The molecule has 0 amide bonds. The Balaban J connectivity index is 1.84. The lowest BCUT2D eigenvalue weighted by molar-refractivity contribution is -0.384. The van der Waals surface area contributed by atoms with Crippen LogP contribution in [0.1, 0.15) is 10.4 Å². The fourth-order valence-electron chi connectivity index (χ4n) is 2.36. The van der Waals surface area contributed by atoms with Gasteiger partial charge in [-0.25, -0.2) is 0 Å². The van der Waals surface area contributed by atoms with Crippen LogP contribution < -0.4 is 4.90 Å². The second-order valence-corrected chi connectivity index (χ2v) is 6.25. The van der Waals surface area contributed by atoms with Crippen LogP contribution in [0.2, 0.25) is 4.34 Å². The molecule has 0 spiro atoms. The quantitative estimate of drug-likeness (QED) is 0.637. The molecule has 3 rings (SSSR count). The van der Waals surface area contributed by atoms with Crippen LogP contribution in [0.25, 0.3) is 0 Å². The van der Waals surface area contributed by atoms with E-state index in [2.05, 4.69) is 4.90 Å². The molecule has 1 aliphatic heterocycles. The summed E-state index contributed by atoms with van der Waals surface area (Å²) in [5.74, 6) is 0. The van der Waals surface area contributed by atoms with Crippen molar-refractivity contribution in [2.75, 3.05) is 11.4 Å². The van der Waals surface area contributed by atoms with Gasteiger partial charge in [-0.05, 0) is 30.2 Å². The zero-order valence-electron chi connectivity index (χ0n) is 10.0. The molecule has 19 heavy (non-hydrogen) atoms. The first kappa shape index (κ1) is 12.4. The molecule has 6 heteroatoms. The SMILES string of the molecule is O=[N+]([O-])c1ccc2c(c1)CCN2Cc1ccc(Cl)s1. The fraction of sp³-hybridized carbons (Fsp3) is 0.231. The molecular weight excluding hydrogens is 284 g/mol. The van der Waals surface area contributed by atoms with Gasteiger partial charge in [0.2, 0.25) is 0 Å². The largest absolute Gasteiger partial charge is 0.366 e. The average Bonchev–Trinajstić information content (AvgIpc) is 2.96. The third-order valence-corrected chi connectivity index (χ3v) is 4.46. The van der Waals surface area contributed by atoms with Crippen LogP contribution in [0.15, 0.2) is 30.3 Å². The van der Waals surface area contributed by atoms with Gasteiger partial charge >= 0.3 is 0 Å². The molecule has 98 valence electrons. The smallest absolute Gasteiger partial charge is 0.269 e. The highest BCUT2D eigenvalue weighted by Crippen LogP contribution is 2.33. The maximum absolute atomic E-state index is 10.8. The Bertz CT molecular complexity index is 641. The predicted octanol–water partition coefficient (Wildman–Crippen LogP) is 3.87. The topological polar surface area (TPSA) is 46.4 Å². The summed E-state index contributed by atoms with van der Waals surface area (Å²) in [5, 5.41) is 10.8. The van der Waals surface area contributed by atoms with Crippen molar-refractivity contribution in [3.05, 3.63) is 55.2 Å². The highest BCUT2D eigenvalue weighted by atomic mass is 35.5. The Labute approximate surface area is 119 Å². The van der Waals surface area contributed by atoms with E-state index in [0.717, 1.165) is 35.1 Å². The molecule has 0 atom stereocenters. The van der Waals surface area contributed by atoms with Crippen LogP contribution in [0, 0.1) is 10.1 Å². The van der Waals surface area contributed by atoms with Crippen LogP contribution in [0.4, 0.5) is 11.4 Å². The minimum absolute atomic E-state index is 0.166. The number of anilines is 1. The van der Waals surface area contributed by atoms with E-state index in [1.54, 1.807) is 23.5 Å². The second-order valence-electron chi connectivity index (χ2n) is 4.45.